The van der Waals surface area contributed by atoms with E-state index in [2.05, 4.69) is 10.6 Å². The second-order valence-corrected chi connectivity index (χ2v) is 6.38. The Bertz CT molecular complexity index is 392. The van der Waals surface area contributed by atoms with Crippen LogP contribution in [0.25, 0.3) is 0 Å². The summed E-state index contributed by atoms with van der Waals surface area (Å²) in [5, 5.41) is 5.13. The number of primary amides is 1. The van der Waals surface area contributed by atoms with Crippen molar-refractivity contribution in [1.82, 2.24) is 10.6 Å². The van der Waals surface area contributed by atoms with Gasteiger partial charge >= 0.3 is 0 Å². The van der Waals surface area contributed by atoms with E-state index in [0.29, 0.717) is 12.8 Å². The van der Waals surface area contributed by atoms with Crippen LogP contribution < -0.4 is 22.1 Å². The van der Waals surface area contributed by atoms with Gasteiger partial charge in [-0.1, -0.05) is 20.3 Å². The Morgan fingerprint density at radius 1 is 1.14 bits per heavy atom. The standard InChI is InChI=1S/C14H28N4O3S/c1-5-8(2)11(12(16)19)18-13(20)9(3)17-14(21)10(15)6-7-22-4/h8-11H,5-7,15H2,1-4H3,(H2,16,19)(H,17,21)(H,18,20)/t8-,9-,10-,11-/m0/s1. The number of hydrogen-bond donors (Lipinski definition) is 4. The molecule has 0 aliphatic carbocycles. The monoisotopic (exact) mass is 332 g/mol. The lowest BCUT2D eigenvalue weighted by molar-refractivity contribution is -0.132. The topological polar surface area (TPSA) is 127 Å². The highest BCUT2D eigenvalue weighted by Crippen LogP contribution is 2.07. The first-order chi connectivity index (χ1) is 10.2. The van der Waals surface area contributed by atoms with Crippen molar-refractivity contribution in [2.45, 2.75) is 51.7 Å². The molecule has 0 radical (unpaired) electrons. The van der Waals surface area contributed by atoms with Crippen molar-refractivity contribution in [3.63, 3.8) is 0 Å². The second-order valence-electron chi connectivity index (χ2n) is 5.39. The summed E-state index contributed by atoms with van der Waals surface area (Å²) in [5.41, 5.74) is 11.0. The zero-order chi connectivity index (χ0) is 17.3. The normalized spacial score (nSPS) is 16.2. The molecule has 128 valence electrons. The summed E-state index contributed by atoms with van der Waals surface area (Å²) in [4.78, 5) is 35.3. The summed E-state index contributed by atoms with van der Waals surface area (Å²) < 4.78 is 0. The first-order valence-corrected chi connectivity index (χ1v) is 8.78. The van der Waals surface area contributed by atoms with Gasteiger partial charge in [0, 0.05) is 0 Å². The average molecular weight is 332 g/mol. The predicted octanol–water partition coefficient (Wildman–Crippen LogP) is -0.412. The summed E-state index contributed by atoms with van der Waals surface area (Å²) in [5.74, 6) is -0.719. The fourth-order valence-corrected chi connectivity index (χ4v) is 2.26. The SMILES string of the molecule is CC[C@H](C)[C@H](NC(=O)[C@H](C)NC(=O)[C@@H](N)CCSC)C(N)=O. The molecule has 0 aromatic carbocycles. The summed E-state index contributed by atoms with van der Waals surface area (Å²) in [7, 11) is 0. The third kappa shape index (κ3) is 7.13. The van der Waals surface area contributed by atoms with Gasteiger partial charge in [0.15, 0.2) is 0 Å². The van der Waals surface area contributed by atoms with Crippen LogP contribution in [0.5, 0.6) is 0 Å². The molecule has 0 saturated heterocycles. The predicted molar refractivity (Wildman–Crippen MR) is 89.2 cm³/mol. The van der Waals surface area contributed by atoms with Crippen molar-refractivity contribution in [3.8, 4) is 0 Å². The minimum absolute atomic E-state index is 0.0758. The van der Waals surface area contributed by atoms with Gasteiger partial charge in [-0.05, 0) is 31.3 Å². The largest absolute Gasteiger partial charge is 0.368 e. The van der Waals surface area contributed by atoms with E-state index in [1.165, 1.54) is 0 Å². The molecule has 6 N–H and O–H groups in total. The van der Waals surface area contributed by atoms with Crippen molar-refractivity contribution >= 4 is 29.5 Å². The quantitative estimate of drug-likeness (QED) is 0.432. The van der Waals surface area contributed by atoms with E-state index < -0.39 is 29.9 Å². The van der Waals surface area contributed by atoms with E-state index >= 15 is 0 Å². The average Bonchev–Trinajstić information content (AvgIpc) is 2.48. The lowest BCUT2D eigenvalue weighted by Crippen LogP contribution is -2.55. The molecule has 0 aliphatic heterocycles. The number of nitrogens with one attached hydrogen (secondary N) is 2. The molecule has 0 heterocycles. The number of hydrogen-bond acceptors (Lipinski definition) is 5. The van der Waals surface area contributed by atoms with Crippen LogP contribution in [0.15, 0.2) is 0 Å². The Morgan fingerprint density at radius 2 is 1.73 bits per heavy atom. The molecule has 0 aromatic heterocycles. The molecule has 0 spiro atoms. The van der Waals surface area contributed by atoms with Crippen LogP contribution in [0.1, 0.15) is 33.6 Å². The van der Waals surface area contributed by atoms with Crippen LogP contribution in [0.4, 0.5) is 0 Å². The molecule has 0 aromatic rings. The molecule has 0 aliphatic rings. The van der Waals surface area contributed by atoms with E-state index in [4.69, 9.17) is 11.5 Å². The molecule has 0 unspecified atom stereocenters. The second kappa shape index (κ2) is 10.4. The van der Waals surface area contributed by atoms with Crippen molar-refractivity contribution in [2.24, 2.45) is 17.4 Å². The Labute approximate surface area is 136 Å². The Kier molecular flexibility index (Phi) is 9.84. The van der Waals surface area contributed by atoms with Crippen LogP contribution >= 0.6 is 11.8 Å². The molecule has 0 bridgehead atoms. The number of thioether (sulfide) groups is 1. The molecule has 0 saturated carbocycles. The number of rotatable bonds is 10. The number of carbonyl (C=O) groups excluding carboxylic acids is 3. The van der Waals surface area contributed by atoms with Gasteiger partial charge in [-0.25, -0.2) is 0 Å². The maximum atomic E-state index is 12.1. The van der Waals surface area contributed by atoms with Crippen LogP contribution in [-0.2, 0) is 14.4 Å². The van der Waals surface area contributed by atoms with Crippen LogP contribution in [0.2, 0.25) is 0 Å². The van der Waals surface area contributed by atoms with E-state index in [9.17, 15) is 14.4 Å². The molecule has 4 atom stereocenters. The number of amides is 3. The summed E-state index contributed by atoms with van der Waals surface area (Å²) in [6.07, 6.45) is 3.17. The van der Waals surface area contributed by atoms with Crippen molar-refractivity contribution in [3.05, 3.63) is 0 Å². The summed E-state index contributed by atoms with van der Waals surface area (Å²) in [6, 6.07) is -2.18. The van der Waals surface area contributed by atoms with Gasteiger partial charge < -0.3 is 22.1 Å². The lowest BCUT2D eigenvalue weighted by atomic mass is 9.98. The van der Waals surface area contributed by atoms with Gasteiger partial charge in [0.1, 0.15) is 12.1 Å². The zero-order valence-corrected chi connectivity index (χ0v) is 14.5. The lowest BCUT2D eigenvalue weighted by Gasteiger charge is -2.24. The summed E-state index contributed by atoms with van der Waals surface area (Å²) >= 11 is 1.60. The molecule has 7 nitrogen and oxygen atoms in total. The molecule has 0 rings (SSSR count). The highest BCUT2D eigenvalue weighted by Gasteiger charge is 2.27. The van der Waals surface area contributed by atoms with E-state index in [1.54, 1.807) is 18.7 Å². The Hall–Kier alpha value is -1.28. The first-order valence-electron chi connectivity index (χ1n) is 7.39. The minimum Gasteiger partial charge on any atom is -0.368 e. The Morgan fingerprint density at radius 3 is 2.18 bits per heavy atom. The fourth-order valence-electron chi connectivity index (χ4n) is 1.77. The van der Waals surface area contributed by atoms with Crippen LogP contribution in [0.3, 0.4) is 0 Å². The fraction of sp³-hybridized carbons (Fsp3) is 0.786. The third-order valence-corrected chi connectivity index (χ3v) is 4.18. The Balaban J connectivity index is 4.52. The van der Waals surface area contributed by atoms with Crippen LogP contribution in [-0.4, -0.2) is 47.9 Å². The first kappa shape index (κ1) is 20.7. The van der Waals surface area contributed by atoms with E-state index in [1.807, 2.05) is 20.1 Å². The van der Waals surface area contributed by atoms with Crippen molar-refractivity contribution in [2.75, 3.05) is 12.0 Å². The maximum absolute atomic E-state index is 12.1. The van der Waals surface area contributed by atoms with Gasteiger partial charge in [-0.2, -0.15) is 11.8 Å². The van der Waals surface area contributed by atoms with Gasteiger partial charge in [0.05, 0.1) is 6.04 Å². The third-order valence-electron chi connectivity index (χ3n) is 3.54. The highest BCUT2D eigenvalue weighted by molar-refractivity contribution is 7.98. The molecule has 22 heavy (non-hydrogen) atoms. The van der Waals surface area contributed by atoms with Crippen molar-refractivity contribution in [1.29, 1.82) is 0 Å². The van der Waals surface area contributed by atoms with Crippen LogP contribution in [0, 0.1) is 5.92 Å². The van der Waals surface area contributed by atoms with Crippen molar-refractivity contribution < 1.29 is 14.4 Å². The van der Waals surface area contributed by atoms with E-state index in [0.717, 1.165) is 5.75 Å². The van der Waals surface area contributed by atoms with Gasteiger partial charge in [0.25, 0.3) is 0 Å². The summed E-state index contributed by atoms with van der Waals surface area (Å²) in [6.45, 7) is 5.28. The molecular weight excluding hydrogens is 304 g/mol. The smallest absolute Gasteiger partial charge is 0.242 e. The minimum atomic E-state index is -0.779. The van der Waals surface area contributed by atoms with Gasteiger partial charge in [-0.3, -0.25) is 14.4 Å². The molecule has 0 fully saturated rings. The molecule has 3 amide bonds. The van der Waals surface area contributed by atoms with Gasteiger partial charge in [0.2, 0.25) is 17.7 Å². The number of nitrogens with two attached hydrogens (primary N) is 2. The number of carbonyl (C=O) groups is 3. The van der Waals surface area contributed by atoms with Gasteiger partial charge in [-0.15, -0.1) is 0 Å². The molecular formula is C14H28N4O3S. The molecule has 8 heteroatoms. The zero-order valence-electron chi connectivity index (χ0n) is 13.7. The maximum Gasteiger partial charge on any atom is 0.242 e. The highest BCUT2D eigenvalue weighted by atomic mass is 32.2. The van der Waals surface area contributed by atoms with E-state index in [-0.39, 0.29) is 11.8 Å².